The van der Waals surface area contributed by atoms with Crippen molar-refractivity contribution in [1.82, 2.24) is 5.32 Å². The summed E-state index contributed by atoms with van der Waals surface area (Å²) in [5, 5.41) is 23.5. The molecule has 4 nitrogen and oxygen atoms in total. The molecule has 0 heterocycles. The lowest BCUT2D eigenvalue weighted by molar-refractivity contribution is 0.0980. The lowest BCUT2D eigenvalue weighted by Crippen LogP contribution is -2.51. The summed E-state index contributed by atoms with van der Waals surface area (Å²) < 4.78 is 5.41. The summed E-state index contributed by atoms with van der Waals surface area (Å²) in [6, 6.07) is 5.55. The number of hydrogen-bond acceptors (Lipinski definition) is 4. The van der Waals surface area contributed by atoms with Crippen molar-refractivity contribution in [2.75, 3.05) is 13.2 Å². The zero-order valence-electron chi connectivity index (χ0n) is 13.1. The number of rotatable bonds is 6. The van der Waals surface area contributed by atoms with Crippen LogP contribution in [0.2, 0.25) is 0 Å². The molecule has 1 fully saturated rings. The average molecular weight is 293 g/mol. The molecule has 1 aromatic carbocycles. The molecule has 118 valence electrons. The van der Waals surface area contributed by atoms with E-state index in [2.05, 4.69) is 12.2 Å². The van der Waals surface area contributed by atoms with Gasteiger partial charge in [-0.05, 0) is 31.7 Å². The first-order chi connectivity index (χ1) is 10.1. The minimum Gasteiger partial charge on any atom is -0.504 e. The van der Waals surface area contributed by atoms with Crippen LogP contribution in [0.25, 0.3) is 0 Å². The van der Waals surface area contributed by atoms with Crippen molar-refractivity contribution in [3.63, 3.8) is 0 Å². The number of aliphatic hydroxyl groups excluding tert-OH is 1. The number of phenols is 1. The molecular weight excluding hydrogens is 266 g/mol. The van der Waals surface area contributed by atoms with Gasteiger partial charge in [0.2, 0.25) is 0 Å². The van der Waals surface area contributed by atoms with Crippen LogP contribution in [-0.2, 0) is 6.54 Å². The molecule has 0 amide bonds. The normalized spacial score (nSPS) is 25.8. The summed E-state index contributed by atoms with van der Waals surface area (Å²) in [6.07, 6.45) is 4.34. The molecule has 0 spiro atoms. The Morgan fingerprint density at radius 3 is 2.90 bits per heavy atom. The van der Waals surface area contributed by atoms with Crippen LogP contribution in [0.3, 0.4) is 0 Å². The lowest BCUT2D eigenvalue weighted by atomic mass is 9.76. The zero-order valence-corrected chi connectivity index (χ0v) is 13.1. The van der Waals surface area contributed by atoms with Crippen molar-refractivity contribution in [2.24, 2.45) is 5.92 Å². The Bertz CT molecular complexity index is 463. The van der Waals surface area contributed by atoms with E-state index in [1.807, 2.05) is 19.1 Å². The summed E-state index contributed by atoms with van der Waals surface area (Å²) in [5.74, 6) is 1.34. The van der Waals surface area contributed by atoms with Crippen LogP contribution >= 0.6 is 0 Å². The minimum atomic E-state index is -0.217. The highest BCUT2D eigenvalue weighted by molar-refractivity contribution is 5.45. The number of aromatic hydroxyl groups is 1. The molecule has 2 unspecified atom stereocenters. The molecule has 0 aliphatic heterocycles. The number of aliphatic hydroxyl groups is 1. The van der Waals surface area contributed by atoms with Crippen molar-refractivity contribution >= 4 is 0 Å². The Hall–Kier alpha value is -1.26. The molecule has 0 radical (unpaired) electrons. The second-order valence-corrected chi connectivity index (χ2v) is 6.19. The van der Waals surface area contributed by atoms with Gasteiger partial charge in [0.15, 0.2) is 11.5 Å². The molecule has 2 atom stereocenters. The molecule has 3 N–H and O–H groups in total. The summed E-state index contributed by atoms with van der Waals surface area (Å²) in [4.78, 5) is 0. The second kappa shape index (κ2) is 7.14. The fraction of sp³-hybridized carbons (Fsp3) is 0.647. The highest BCUT2D eigenvalue weighted by Gasteiger charge is 2.33. The topological polar surface area (TPSA) is 61.7 Å². The van der Waals surface area contributed by atoms with Gasteiger partial charge in [-0.15, -0.1) is 0 Å². The van der Waals surface area contributed by atoms with E-state index in [1.165, 1.54) is 6.42 Å². The van der Waals surface area contributed by atoms with Crippen LogP contribution in [0.5, 0.6) is 11.5 Å². The number of benzene rings is 1. The monoisotopic (exact) mass is 293 g/mol. The fourth-order valence-electron chi connectivity index (χ4n) is 3.29. The Kier molecular flexibility index (Phi) is 5.48. The van der Waals surface area contributed by atoms with Gasteiger partial charge in [0.05, 0.1) is 13.2 Å². The van der Waals surface area contributed by atoms with E-state index >= 15 is 0 Å². The first-order valence-corrected chi connectivity index (χ1v) is 7.90. The maximum absolute atomic E-state index is 10.2. The van der Waals surface area contributed by atoms with Crippen LogP contribution < -0.4 is 10.1 Å². The Morgan fingerprint density at radius 1 is 1.43 bits per heavy atom. The predicted octanol–water partition coefficient (Wildman–Crippen LogP) is 2.82. The fourth-order valence-corrected chi connectivity index (χ4v) is 3.29. The number of phenolic OH excluding ortho intramolecular Hbond substituents is 1. The average Bonchev–Trinajstić information content (AvgIpc) is 2.48. The van der Waals surface area contributed by atoms with Gasteiger partial charge in [-0.1, -0.05) is 31.9 Å². The molecule has 0 aromatic heterocycles. The molecule has 1 aliphatic carbocycles. The number of hydrogen-bond donors (Lipinski definition) is 3. The third kappa shape index (κ3) is 3.89. The van der Waals surface area contributed by atoms with E-state index in [1.54, 1.807) is 6.07 Å². The first kappa shape index (κ1) is 16.1. The van der Waals surface area contributed by atoms with Crippen molar-refractivity contribution in [3.05, 3.63) is 23.8 Å². The zero-order chi connectivity index (χ0) is 15.3. The third-order valence-electron chi connectivity index (χ3n) is 4.43. The third-order valence-corrected chi connectivity index (χ3v) is 4.43. The van der Waals surface area contributed by atoms with Gasteiger partial charge in [0, 0.05) is 17.6 Å². The molecule has 0 bridgehead atoms. The Morgan fingerprint density at radius 2 is 2.24 bits per heavy atom. The van der Waals surface area contributed by atoms with E-state index in [9.17, 15) is 10.2 Å². The van der Waals surface area contributed by atoms with Gasteiger partial charge in [-0.2, -0.15) is 0 Å². The van der Waals surface area contributed by atoms with Crippen LogP contribution in [-0.4, -0.2) is 29.0 Å². The Balaban J connectivity index is 2.06. The SMILES string of the molecule is CCOc1cccc(CNC2(CO)CCCC(C)C2)c1O. The lowest BCUT2D eigenvalue weighted by Gasteiger charge is -2.39. The minimum absolute atomic E-state index is 0.142. The molecule has 4 heteroatoms. The number of para-hydroxylation sites is 1. The molecule has 1 saturated carbocycles. The standard InChI is InChI=1S/C17H27NO3/c1-3-21-15-8-4-7-14(16(15)20)11-18-17(12-19)9-5-6-13(2)10-17/h4,7-8,13,18-20H,3,5-6,9-12H2,1-2H3. The van der Waals surface area contributed by atoms with Gasteiger partial charge in [-0.3, -0.25) is 0 Å². The summed E-state index contributed by atoms with van der Waals surface area (Å²) in [7, 11) is 0. The van der Waals surface area contributed by atoms with Crippen molar-refractivity contribution < 1.29 is 14.9 Å². The van der Waals surface area contributed by atoms with Gasteiger partial charge < -0.3 is 20.3 Å². The maximum atomic E-state index is 10.2. The van der Waals surface area contributed by atoms with E-state index < -0.39 is 0 Å². The molecule has 21 heavy (non-hydrogen) atoms. The predicted molar refractivity (Wildman–Crippen MR) is 83.6 cm³/mol. The van der Waals surface area contributed by atoms with Crippen LogP contribution in [0, 0.1) is 5.92 Å². The number of nitrogens with one attached hydrogen (secondary N) is 1. The van der Waals surface area contributed by atoms with Crippen molar-refractivity contribution in [1.29, 1.82) is 0 Å². The molecular formula is C17H27NO3. The quantitative estimate of drug-likeness (QED) is 0.755. The highest BCUT2D eigenvalue weighted by atomic mass is 16.5. The van der Waals surface area contributed by atoms with E-state index in [-0.39, 0.29) is 17.9 Å². The maximum Gasteiger partial charge on any atom is 0.162 e. The van der Waals surface area contributed by atoms with Crippen LogP contribution in [0.15, 0.2) is 18.2 Å². The smallest absolute Gasteiger partial charge is 0.162 e. The molecule has 1 aliphatic rings. The summed E-state index contributed by atoms with van der Waals surface area (Å²) in [6.45, 7) is 5.35. The largest absolute Gasteiger partial charge is 0.504 e. The van der Waals surface area contributed by atoms with Gasteiger partial charge in [0.1, 0.15) is 0 Å². The van der Waals surface area contributed by atoms with Crippen LogP contribution in [0.1, 0.15) is 45.1 Å². The first-order valence-electron chi connectivity index (χ1n) is 7.90. The van der Waals surface area contributed by atoms with E-state index in [0.29, 0.717) is 24.8 Å². The highest BCUT2D eigenvalue weighted by Crippen LogP contribution is 2.34. The van der Waals surface area contributed by atoms with Gasteiger partial charge >= 0.3 is 0 Å². The molecule has 1 aromatic rings. The molecule has 2 rings (SSSR count). The summed E-state index contributed by atoms with van der Waals surface area (Å²) >= 11 is 0. The van der Waals surface area contributed by atoms with Gasteiger partial charge in [0.25, 0.3) is 0 Å². The van der Waals surface area contributed by atoms with Crippen molar-refractivity contribution in [2.45, 2.75) is 51.6 Å². The molecule has 0 saturated heterocycles. The second-order valence-electron chi connectivity index (χ2n) is 6.19. The van der Waals surface area contributed by atoms with Gasteiger partial charge in [-0.25, -0.2) is 0 Å². The summed E-state index contributed by atoms with van der Waals surface area (Å²) in [5.41, 5.74) is 0.595. The van der Waals surface area contributed by atoms with E-state index in [0.717, 1.165) is 24.8 Å². The number of ether oxygens (including phenoxy) is 1. The van der Waals surface area contributed by atoms with Crippen molar-refractivity contribution in [3.8, 4) is 11.5 Å². The van der Waals surface area contributed by atoms with Crippen LogP contribution in [0.4, 0.5) is 0 Å². The van der Waals surface area contributed by atoms with E-state index in [4.69, 9.17) is 4.74 Å². The Labute approximate surface area is 127 Å².